The van der Waals surface area contributed by atoms with Gasteiger partial charge in [0, 0.05) is 30.7 Å². The molecule has 1 saturated heterocycles. The lowest BCUT2D eigenvalue weighted by molar-refractivity contribution is 0.122. The Kier molecular flexibility index (Phi) is 3.99. The maximum absolute atomic E-state index is 9.06. The summed E-state index contributed by atoms with van der Waals surface area (Å²) in [4.78, 5) is 6.50. The molecule has 21 heavy (non-hydrogen) atoms. The van der Waals surface area contributed by atoms with E-state index in [0.29, 0.717) is 11.4 Å². The second kappa shape index (κ2) is 6.25. The number of nitriles is 1. The molecular formula is C16H16N4O. The molecule has 0 saturated carbocycles. The predicted molar refractivity (Wildman–Crippen MR) is 81.7 cm³/mol. The lowest BCUT2D eigenvalue weighted by Crippen LogP contribution is -2.36. The molecule has 1 aromatic heterocycles. The van der Waals surface area contributed by atoms with Crippen molar-refractivity contribution >= 4 is 17.2 Å². The molecule has 106 valence electrons. The summed E-state index contributed by atoms with van der Waals surface area (Å²) in [5.74, 6) is 0.583. The number of benzene rings is 1. The van der Waals surface area contributed by atoms with Crippen LogP contribution in [0.3, 0.4) is 0 Å². The Morgan fingerprint density at radius 2 is 1.90 bits per heavy atom. The minimum Gasteiger partial charge on any atom is -0.378 e. The van der Waals surface area contributed by atoms with Gasteiger partial charge in [-0.3, -0.25) is 0 Å². The second-order valence-corrected chi connectivity index (χ2v) is 4.78. The number of pyridine rings is 1. The third-order valence-corrected chi connectivity index (χ3v) is 3.43. The van der Waals surface area contributed by atoms with Gasteiger partial charge < -0.3 is 15.0 Å². The molecule has 0 radical (unpaired) electrons. The average molecular weight is 280 g/mol. The number of aromatic nitrogens is 1. The SMILES string of the molecule is N#Cc1cccnc1Nc1ccc(N2CCOCC2)cc1. The number of rotatable bonds is 3. The van der Waals surface area contributed by atoms with Gasteiger partial charge in [0.1, 0.15) is 11.9 Å². The molecule has 1 aromatic carbocycles. The lowest BCUT2D eigenvalue weighted by atomic mass is 10.2. The molecule has 0 unspecified atom stereocenters. The van der Waals surface area contributed by atoms with E-state index in [0.717, 1.165) is 32.0 Å². The van der Waals surface area contributed by atoms with Gasteiger partial charge in [0.15, 0.2) is 0 Å². The highest BCUT2D eigenvalue weighted by atomic mass is 16.5. The van der Waals surface area contributed by atoms with Crippen LogP contribution in [0.2, 0.25) is 0 Å². The molecule has 5 heteroatoms. The fraction of sp³-hybridized carbons (Fsp3) is 0.250. The Morgan fingerprint density at radius 3 is 2.62 bits per heavy atom. The molecule has 1 fully saturated rings. The van der Waals surface area contributed by atoms with E-state index in [2.05, 4.69) is 33.4 Å². The Morgan fingerprint density at radius 1 is 1.14 bits per heavy atom. The summed E-state index contributed by atoms with van der Waals surface area (Å²) in [6, 6.07) is 13.8. The maximum atomic E-state index is 9.06. The zero-order valence-electron chi connectivity index (χ0n) is 11.6. The smallest absolute Gasteiger partial charge is 0.148 e. The highest BCUT2D eigenvalue weighted by Gasteiger charge is 2.11. The van der Waals surface area contributed by atoms with E-state index in [9.17, 15) is 0 Å². The summed E-state index contributed by atoms with van der Waals surface area (Å²) in [6.07, 6.45) is 1.67. The van der Waals surface area contributed by atoms with Crippen LogP contribution in [0.1, 0.15) is 5.56 Å². The second-order valence-electron chi connectivity index (χ2n) is 4.78. The summed E-state index contributed by atoms with van der Waals surface area (Å²) in [5, 5.41) is 12.2. The summed E-state index contributed by atoms with van der Waals surface area (Å²) >= 11 is 0. The fourth-order valence-electron chi connectivity index (χ4n) is 2.31. The third-order valence-electron chi connectivity index (χ3n) is 3.43. The first-order valence-electron chi connectivity index (χ1n) is 6.92. The summed E-state index contributed by atoms with van der Waals surface area (Å²) < 4.78 is 5.36. The highest BCUT2D eigenvalue weighted by Crippen LogP contribution is 2.22. The Labute approximate surface area is 123 Å². The van der Waals surface area contributed by atoms with Gasteiger partial charge in [-0.2, -0.15) is 5.26 Å². The van der Waals surface area contributed by atoms with Gasteiger partial charge in [-0.1, -0.05) is 0 Å². The van der Waals surface area contributed by atoms with Gasteiger partial charge in [-0.05, 0) is 36.4 Å². The fourth-order valence-corrected chi connectivity index (χ4v) is 2.31. The zero-order chi connectivity index (χ0) is 14.5. The molecule has 0 bridgehead atoms. The first-order chi connectivity index (χ1) is 10.4. The van der Waals surface area contributed by atoms with Crippen LogP contribution < -0.4 is 10.2 Å². The molecule has 2 aromatic rings. The van der Waals surface area contributed by atoms with Gasteiger partial charge in [0.25, 0.3) is 0 Å². The molecule has 0 spiro atoms. The van der Waals surface area contributed by atoms with Crippen molar-refractivity contribution in [2.24, 2.45) is 0 Å². The number of nitrogens with zero attached hydrogens (tertiary/aromatic N) is 3. The van der Waals surface area contributed by atoms with Crippen LogP contribution >= 0.6 is 0 Å². The molecule has 1 aliphatic heterocycles. The highest BCUT2D eigenvalue weighted by molar-refractivity contribution is 5.64. The molecule has 1 aliphatic rings. The van der Waals surface area contributed by atoms with Crippen molar-refractivity contribution in [3.63, 3.8) is 0 Å². The van der Waals surface area contributed by atoms with Crippen molar-refractivity contribution in [1.29, 1.82) is 5.26 Å². The molecule has 2 heterocycles. The van der Waals surface area contributed by atoms with Crippen LogP contribution in [0.25, 0.3) is 0 Å². The van der Waals surface area contributed by atoms with Crippen LogP contribution in [-0.4, -0.2) is 31.3 Å². The van der Waals surface area contributed by atoms with Crippen LogP contribution in [0.5, 0.6) is 0 Å². The maximum Gasteiger partial charge on any atom is 0.148 e. The molecule has 3 rings (SSSR count). The number of morpholine rings is 1. The van der Waals surface area contributed by atoms with E-state index in [1.807, 2.05) is 12.1 Å². The Balaban J connectivity index is 1.74. The number of anilines is 3. The first kappa shape index (κ1) is 13.4. The molecule has 0 amide bonds. The van der Waals surface area contributed by atoms with Gasteiger partial charge in [-0.15, -0.1) is 0 Å². The van der Waals surface area contributed by atoms with E-state index in [4.69, 9.17) is 10.00 Å². The van der Waals surface area contributed by atoms with Crippen LogP contribution in [0, 0.1) is 11.3 Å². The molecule has 5 nitrogen and oxygen atoms in total. The van der Waals surface area contributed by atoms with E-state index in [1.54, 1.807) is 18.3 Å². The standard InChI is InChI=1S/C16H16N4O/c17-12-13-2-1-7-18-16(13)19-14-3-5-15(6-4-14)20-8-10-21-11-9-20/h1-7H,8-11H2,(H,18,19). The quantitative estimate of drug-likeness (QED) is 0.936. The van der Waals surface area contributed by atoms with Crippen LogP contribution in [0.4, 0.5) is 17.2 Å². The lowest BCUT2D eigenvalue weighted by Gasteiger charge is -2.28. The predicted octanol–water partition coefficient (Wildman–Crippen LogP) is 2.53. The normalized spacial score (nSPS) is 14.5. The van der Waals surface area contributed by atoms with E-state index >= 15 is 0 Å². The average Bonchev–Trinajstić information content (AvgIpc) is 2.57. The van der Waals surface area contributed by atoms with E-state index in [-0.39, 0.29) is 0 Å². The van der Waals surface area contributed by atoms with Crippen molar-refractivity contribution in [2.45, 2.75) is 0 Å². The van der Waals surface area contributed by atoms with Crippen LogP contribution in [-0.2, 0) is 4.74 Å². The van der Waals surface area contributed by atoms with Gasteiger partial charge in [-0.25, -0.2) is 4.98 Å². The van der Waals surface area contributed by atoms with Crippen molar-refractivity contribution in [3.8, 4) is 6.07 Å². The monoisotopic (exact) mass is 280 g/mol. The zero-order valence-corrected chi connectivity index (χ0v) is 11.6. The topological polar surface area (TPSA) is 61.2 Å². The van der Waals surface area contributed by atoms with Crippen molar-refractivity contribution in [1.82, 2.24) is 4.98 Å². The summed E-state index contributed by atoms with van der Waals surface area (Å²) in [7, 11) is 0. The summed E-state index contributed by atoms with van der Waals surface area (Å²) in [6.45, 7) is 3.40. The molecular weight excluding hydrogens is 264 g/mol. The van der Waals surface area contributed by atoms with E-state index < -0.39 is 0 Å². The van der Waals surface area contributed by atoms with Crippen molar-refractivity contribution in [3.05, 3.63) is 48.2 Å². The largest absolute Gasteiger partial charge is 0.378 e. The summed E-state index contributed by atoms with van der Waals surface area (Å²) in [5.41, 5.74) is 2.64. The number of hydrogen-bond donors (Lipinski definition) is 1. The Hall–Kier alpha value is -2.58. The Bertz CT molecular complexity index is 642. The van der Waals surface area contributed by atoms with Gasteiger partial charge >= 0.3 is 0 Å². The third kappa shape index (κ3) is 3.12. The van der Waals surface area contributed by atoms with Crippen LogP contribution in [0.15, 0.2) is 42.6 Å². The molecule has 1 N–H and O–H groups in total. The van der Waals surface area contributed by atoms with Gasteiger partial charge in [0.2, 0.25) is 0 Å². The minimum atomic E-state index is 0.537. The molecule has 0 atom stereocenters. The number of ether oxygens (including phenoxy) is 1. The number of hydrogen-bond acceptors (Lipinski definition) is 5. The first-order valence-corrected chi connectivity index (χ1v) is 6.92. The number of nitrogens with one attached hydrogen (secondary N) is 1. The van der Waals surface area contributed by atoms with Crippen molar-refractivity contribution < 1.29 is 4.74 Å². The molecule has 0 aliphatic carbocycles. The minimum absolute atomic E-state index is 0.537. The van der Waals surface area contributed by atoms with Gasteiger partial charge in [0.05, 0.1) is 18.8 Å². The van der Waals surface area contributed by atoms with E-state index in [1.165, 1.54) is 5.69 Å². The van der Waals surface area contributed by atoms with Crippen molar-refractivity contribution in [2.75, 3.05) is 36.5 Å².